The lowest BCUT2D eigenvalue weighted by Crippen LogP contribution is -2.39. The number of carboxylic acids is 1. The van der Waals surface area contributed by atoms with Gasteiger partial charge in [0.1, 0.15) is 5.82 Å². The summed E-state index contributed by atoms with van der Waals surface area (Å²) in [6, 6.07) is 11.3. The average Bonchev–Trinajstić information content (AvgIpc) is 3.61. The van der Waals surface area contributed by atoms with Gasteiger partial charge in [-0.2, -0.15) is 0 Å². The molecular formula is C26H32N4O3. The van der Waals surface area contributed by atoms with Crippen LogP contribution in [0, 0.1) is 17.2 Å². The zero-order chi connectivity index (χ0) is 22.8. The smallest absolute Gasteiger partial charge is 0.354 e. The molecule has 1 aliphatic heterocycles. The molecule has 1 saturated heterocycles. The molecule has 2 aliphatic carbocycles. The highest BCUT2D eigenvalue weighted by Crippen LogP contribution is 2.38. The number of carboxylic acid groups (broad SMARTS) is 1. The van der Waals surface area contributed by atoms with Gasteiger partial charge in [-0.25, -0.2) is 9.78 Å². The van der Waals surface area contributed by atoms with E-state index in [1.165, 1.54) is 12.8 Å². The zero-order valence-corrected chi connectivity index (χ0v) is 18.9. The third-order valence-electron chi connectivity index (χ3n) is 7.08. The summed E-state index contributed by atoms with van der Waals surface area (Å²) in [5.74, 6) is 0.358. The number of pyridine rings is 1. The summed E-state index contributed by atoms with van der Waals surface area (Å²) >= 11 is 0. The summed E-state index contributed by atoms with van der Waals surface area (Å²) in [7, 11) is 0. The zero-order valence-electron chi connectivity index (χ0n) is 18.9. The number of hydrogen-bond donors (Lipinski definition) is 3. The maximum atomic E-state index is 11.9. The van der Waals surface area contributed by atoms with Crippen LogP contribution in [-0.4, -0.2) is 47.6 Å². The highest BCUT2D eigenvalue weighted by atomic mass is 16.5. The fourth-order valence-electron chi connectivity index (χ4n) is 4.63. The molecule has 2 saturated carbocycles. The Kier molecular flexibility index (Phi) is 6.31. The predicted molar refractivity (Wildman–Crippen MR) is 129 cm³/mol. The number of rotatable bonds is 9. The Morgan fingerprint density at radius 3 is 2.45 bits per heavy atom. The monoisotopic (exact) mass is 448 g/mol. The Bertz CT molecular complexity index is 1010. The van der Waals surface area contributed by atoms with E-state index in [-0.39, 0.29) is 17.7 Å². The molecule has 2 heterocycles. The van der Waals surface area contributed by atoms with Crippen LogP contribution in [0.1, 0.15) is 61.0 Å². The van der Waals surface area contributed by atoms with Gasteiger partial charge in [0, 0.05) is 37.0 Å². The summed E-state index contributed by atoms with van der Waals surface area (Å²) < 4.78 is 6.11. The van der Waals surface area contributed by atoms with Crippen molar-refractivity contribution >= 4 is 28.9 Å². The van der Waals surface area contributed by atoms with E-state index in [0.29, 0.717) is 11.5 Å². The Balaban J connectivity index is 1.46. The van der Waals surface area contributed by atoms with Crippen LogP contribution >= 0.6 is 0 Å². The highest BCUT2D eigenvalue weighted by Gasteiger charge is 2.32. The van der Waals surface area contributed by atoms with Gasteiger partial charge in [-0.05, 0) is 62.6 Å². The van der Waals surface area contributed by atoms with Crippen LogP contribution in [0.25, 0.3) is 0 Å². The summed E-state index contributed by atoms with van der Waals surface area (Å²) in [6.07, 6.45) is 7.80. The number of carbonyl (C=O) groups is 1. The van der Waals surface area contributed by atoms with Crippen molar-refractivity contribution in [1.82, 2.24) is 4.98 Å². The number of nitrogens with zero attached hydrogens (tertiary/aromatic N) is 2. The van der Waals surface area contributed by atoms with Crippen LogP contribution in [0.5, 0.6) is 0 Å². The Hall–Kier alpha value is -2.93. The Morgan fingerprint density at radius 2 is 1.85 bits per heavy atom. The van der Waals surface area contributed by atoms with E-state index in [2.05, 4.69) is 15.2 Å². The van der Waals surface area contributed by atoms with E-state index < -0.39 is 5.97 Å². The molecule has 0 amide bonds. The molecule has 5 rings (SSSR count). The maximum Gasteiger partial charge on any atom is 0.354 e. The van der Waals surface area contributed by atoms with Crippen molar-refractivity contribution in [3.05, 3.63) is 47.7 Å². The van der Waals surface area contributed by atoms with E-state index in [0.717, 1.165) is 74.7 Å². The lowest BCUT2D eigenvalue weighted by Gasteiger charge is -2.36. The molecule has 0 radical (unpaired) electrons. The molecule has 1 aromatic carbocycles. The molecule has 0 unspecified atom stereocenters. The first-order chi connectivity index (χ1) is 16.1. The lowest BCUT2D eigenvalue weighted by molar-refractivity contribution is 0.0305. The normalized spacial score (nSPS) is 19.2. The molecule has 174 valence electrons. The minimum atomic E-state index is -1.06. The Labute approximate surface area is 194 Å². The number of piperidine rings is 1. The van der Waals surface area contributed by atoms with Gasteiger partial charge in [-0.1, -0.05) is 24.6 Å². The molecule has 7 heteroatoms. The van der Waals surface area contributed by atoms with Gasteiger partial charge in [-0.3, -0.25) is 0 Å². The van der Waals surface area contributed by atoms with Crippen LogP contribution in [0.15, 0.2) is 36.4 Å². The molecular weight excluding hydrogens is 416 g/mol. The van der Waals surface area contributed by atoms with Gasteiger partial charge in [0.25, 0.3) is 0 Å². The highest BCUT2D eigenvalue weighted by molar-refractivity contribution is 6.10. The van der Waals surface area contributed by atoms with Gasteiger partial charge in [0.15, 0.2) is 5.69 Å². The minimum absolute atomic E-state index is 0.000646. The van der Waals surface area contributed by atoms with Crippen molar-refractivity contribution in [3.63, 3.8) is 0 Å². The van der Waals surface area contributed by atoms with Crippen molar-refractivity contribution in [1.29, 1.82) is 5.41 Å². The first kappa shape index (κ1) is 21.9. The minimum Gasteiger partial charge on any atom is -0.477 e. The van der Waals surface area contributed by atoms with Gasteiger partial charge < -0.3 is 25.5 Å². The summed E-state index contributed by atoms with van der Waals surface area (Å²) in [5, 5.41) is 22.1. The molecule has 2 aromatic rings. The van der Waals surface area contributed by atoms with E-state index >= 15 is 0 Å². The van der Waals surface area contributed by atoms with E-state index in [4.69, 9.17) is 10.1 Å². The number of hydrogen-bond acceptors (Lipinski definition) is 6. The third-order valence-corrected chi connectivity index (χ3v) is 7.08. The summed E-state index contributed by atoms with van der Waals surface area (Å²) in [4.78, 5) is 18.6. The van der Waals surface area contributed by atoms with Crippen molar-refractivity contribution in [3.8, 4) is 0 Å². The molecule has 1 aromatic heterocycles. The van der Waals surface area contributed by atoms with Gasteiger partial charge in [0.05, 0.1) is 17.4 Å². The van der Waals surface area contributed by atoms with Crippen molar-refractivity contribution in [2.24, 2.45) is 11.8 Å². The van der Waals surface area contributed by atoms with E-state index in [1.807, 2.05) is 30.3 Å². The van der Waals surface area contributed by atoms with Crippen LogP contribution in [0.2, 0.25) is 0 Å². The van der Waals surface area contributed by atoms with Gasteiger partial charge >= 0.3 is 5.97 Å². The number of ether oxygens (including phenoxy) is 1. The fourth-order valence-corrected chi connectivity index (χ4v) is 4.63. The van der Waals surface area contributed by atoms with E-state index in [9.17, 15) is 9.90 Å². The summed E-state index contributed by atoms with van der Waals surface area (Å²) in [6.45, 7) is 2.44. The van der Waals surface area contributed by atoms with Crippen LogP contribution in [-0.2, 0) is 4.74 Å². The van der Waals surface area contributed by atoms with E-state index in [1.54, 1.807) is 6.07 Å². The fraction of sp³-hybridized carbons (Fsp3) is 0.500. The van der Waals surface area contributed by atoms with Gasteiger partial charge in [-0.15, -0.1) is 0 Å². The molecule has 3 N–H and O–H groups in total. The number of aromatic nitrogens is 1. The molecule has 7 nitrogen and oxygen atoms in total. The largest absolute Gasteiger partial charge is 0.477 e. The number of para-hydroxylation sites is 1. The second-order valence-electron chi connectivity index (χ2n) is 9.55. The van der Waals surface area contributed by atoms with Crippen molar-refractivity contribution in [2.45, 2.75) is 51.0 Å². The standard InChI is InChI=1S/C26H32N4O3/c27-24(18-5-4-6-18)23-22(30-13-11-20(12-14-30)33-16-17-9-10-17)15-21(26(31)32)29-25(23)28-19-7-2-1-3-8-19/h1-3,7-8,15,17-18,20,27H,4-6,9-14,16H2,(H,28,29)(H,31,32). The van der Waals surface area contributed by atoms with Gasteiger partial charge in [0.2, 0.25) is 0 Å². The first-order valence-corrected chi connectivity index (χ1v) is 12.1. The third kappa shape index (κ3) is 5.03. The summed E-state index contributed by atoms with van der Waals surface area (Å²) in [5.41, 5.74) is 2.93. The number of benzene rings is 1. The number of nitrogens with one attached hydrogen (secondary N) is 2. The molecule has 3 aliphatic rings. The molecule has 0 atom stereocenters. The molecule has 3 fully saturated rings. The lowest BCUT2D eigenvalue weighted by atomic mass is 9.79. The molecule has 33 heavy (non-hydrogen) atoms. The molecule has 0 bridgehead atoms. The topological polar surface area (TPSA) is 98.5 Å². The molecule has 0 spiro atoms. The average molecular weight is 449 g/mol. The second kappa shape index (κ2) is 9.51. The van der Waals surface area contributed by atoms with Crippen molar-refractivity contribution < 1.29 is 14.6 Å². The predicted octanol–water partition coefficient (Wildman–Crippen LogP) is 5.09. The second-order valence-corrected chi connectivity index (χ2v) is 9.55. The Morgan fingerprint density at radius 1 is 1.12 bits per heavy atom. The van der Waals surface area contributed by atoms with Crippen molar-refractivity contribution in [2.75, 3.05) is 29.9 Å². The quantitative estimate of drug-likeness (QED) is 0.462. The first-order valence-electron chi connectivity index (χ1n) is 12.1. The van der Waals surface area contributed by atoms with Crippen LogP contribution < -0.4 is 10.2 Å². The SMILES string of the molecule is N=C(c1c(N2CCC(OCC3CC3)CC2)cc(C(=O)O)nc1Nc1ccccc1)C1CCC1. The maximum absolute atomic E-state index is 11.9. The van der Waals surface area contributed by atoms with Crippen LogP contribution in [0.3, 0.4) is 0 Å². The number of anilines is 3. The van der Waals surface area contributed by atoms with Crippen LogP contribution in [0.4, 0.5) is 17.2 Å². The number of aromatic carboxylic acids is 1.